The van der Waals surface area contributed by atoms with E-state index < -0.39 is 0 Å². The minimum absolute atomic E-state index is 0.0307. The first-order valence-corrected chi connectivity index (χ1v) is 8.58. The number of hydrogen-bond acceptors (Lipinski definition) is 4. The molecule has 3 rings (SSSR count). The van der Waals surface area contributed by atoms with Gasteiger partial charge in [0.05, 0.1) is 19.3 Å². The SMILES string of the molecule is CCNC1CC2CCC(C1)N2C(C)C(=O)N1CCOCC1. The van der Waals surface area contributed by atoms with Crippen LogP contribution in [0, 0.1) is 0 Å². The van der Waals surface area contributed by atoms with Crippen molar-refractivity contribution in [1.82, 2.24) is 15.1 Å². The Bertz CT molecular complexity index is 357. The minimum atomic E-state index is 0.0307. The maximum atomic E-state index is 12.7. The number of amides is 1. The van der Waals surface area contributed by atoms with Gasteiger partial charge in [-0.25, -0.2) is 0 Å². The van der Waals surface area contributed by atoms with E-state index in [0.717, 1.165) is 19.6 Å². The zero-order chi connectivity index (χ0) is 14.8. The lowest BCUT2D eigenvalue weighted by Gasteiger charge is -2.43. The zero-order valence-corrected chi connectivity index (χ0v) is 13.4. The average molecular weight is 295 g/mol. The van der Waals surface area contributed by atoms with Crippen molar-refractivity contribution < 1.29 is 9.53 Å². The molecule has 3 atom stereocenters. The van der Waals surface area contributed by atoms with Gasteiger partial charge in [0.25, 0.3) is 0 Å². The first-order valence-electron chi connectivity index (χ1n) is 8.58. The number of ether oxygens (including phenoxy) is 1. The second-order valence-corrected chi connectivity index (χ2v) is 6.67. The molecule has 1 N–H and O–H groups in total. The average Bonchev–Trinajstić information content (AvgIpc) is 2.78. The third kappa shape index (κ3) is 3.10. The predicted molar refractivity (Wildman–Crippen MR) is 82.2 cm³/mol. The summed E-state index contributed by atoms with van der Waals surface area (Å²) in [5.41, 5.74) is 0. The standard InChI is InChI=1S/C16H29N3O2/c1-3-17-13-10-14-4-5-15(11-13)19(14)12(2)16(20)18-6-8-21-9-7-18/h12-15,17H,3-11H2,1-2H3. The number of rotatable bonds is 4. The number of nitrogens with one attached hydrogen (secondary N) is 1. The number of morpholine rings is 1. The van der Waals surface area contributed by atoms with Crippen LogP contribution in [0.3, 0.4) is 0 Å². The van der Waals surface area contributed by atoms with Crippen LogP contribution in [0.1, 0.15) is 39.5 Å². The molecule has 21 heavy (non-hydrogen) atoms. The summed E-state index contributed by atoms with van der Waals surface area (Å²) in [6.07, 6.45) is 4.91. The largest absolute Gasteiger partial charge is 0.378 e. The molecule has 2 bridgehead atoms. The van der Waals surface area contributed by atoms with E-state index in [1.165, 1.54) is 25.7 Å². The second-order valence-electron chi connectivity index (χ2n) is 6.67. The number of hydrogen-bond donors (Lipinski definition) is 1. The van der Waals surface area contributed by atoms with Gasteiger partial charge in [0, 0.05) is 31.2 Å². The molecular weight excluding hydrogens is 266 g/mol. The molecule has 3 heterocycles. The van der Waals surface area contributed by atoms with Gasteiger partial charge in [0.15, 0.2) is 0 Å². The van der Waals surface area contributed by atoms with Gasteiger partial charge in [0.2, 0.25) is 5.91 Å². The Morgan fingerprint density at radius 2 is 1.86 bits per heavy atom. The zero-order valence-electron chi connectivity index (χ0n) is 13.4. The van der Waals surface area contributed by atoms with Crippen molar-refractivity contribution in [3.05, 3.63) is 0 Å². The van der Waals surface area contributed by atoms with E-state index >= 15 is 0 Å². The number of carbonyl (C=O) groups is 1. The number of fused-ring (bicyclic) bond motifs is 2. The molecule has 0 aromatic carbocycles. The number of piperidine rings is 1. The summed E-state index contributed by atoms with van der Waals surface area (Å²) in [5, 5.41) is 3.60. The van der Waals surface area contributed by atoms with E-state index in [9.17, 15) is 4.79 Å². The van der Waals surface area contributed by atoms with Crippen LogP contribution < -0.4 is 5.32 Å². The Balaban J connectivity index is 1.62. The van der Waals surface area contributed by atoms with Gasteiger partial charge >= 0.3 is 0 Å². The van der Waals surface area contributed by atoms with Gasteiger partial charge in [-0.1, -0.05) is 6.92 Å². The topological polar surface area (TPSA) is 44.8 Å². The monoisotopic (exact) mass is 295 g/mol. The van der Waals surface area contributed by atoms with Crippen molar-refractivity contribution in [1.29, 1.82) is 0 Å². The highest BCUT2D eigenvalue weighted by Crippen LogP contribution is 2.37. The molecule has 0 aromatic rings. The molecule has 3 aliphatic rings. The Labute approximate surface area is 128 Å². The number of nitrogens with zero attached hydrogens (tertiary/aromatic N) is 2. The summed E-state index contributed by atoms with van der Waals surface area (Å²) in [6.45, 7) is 8.22. The minimum Gasteiger partial charge on any atom is -0.378 e. The molecule has 3 aliphatic heterocycles. The van der Waals surface area contributed by atoms with Crippen LogP contribution in [0.25, 0.3) is 0 Å². The summed E-state index contributed by atoms with van der Waals surface area (Å²) >= 11 is 0. The van der Waals surface area contributed by atoms with E-state index in [-0.39, 0.29) is 6.04 Å². The van der Waals surface area contributed by atoms with Crippen molar-refractivity contribution in [3.8, 4) is 0 Å². The Morgan fingerprint density at radius 3 is 2.43 bits per heavy atom. The molecule has 0 spiro atoms. The van der Waals surface area contributed by atoms with Gasteiger partial charge in [-0.3, -0.25) is 9.69 Å². The van der Waals surface area contributed by atoms with Crippen LogP contribution in [0.4, 0.5) is 0 Å². The highest BCUT2D eigenvalue weighted by molar-refractivity contribution is 5.81. The van der Waals surface area contributed by atoms with Crippen LogP contribution in [-0.4, -0.2) is 72.7 Å². The van der Waals surface area contributed by atoms with Gasteiger partial charge in [-0.15, -0.1) is 0 Å². The Morgan fingerprint density at radius 1 is 1.24 bits per heavy atom. The van der Waals surface area contributed by atoms with Gasteiger partial charge in [0.1, 0.15) is 0 Å². The third-order valence-electron chi connectivity index (χ3n) is 5.41. The summed E-state index contributed by atoms with van der Waals surface area (Å²) < 4.78 is 5.35. The molecular formula is C16H29N3O2. The molecule has 0 radical (unpaired) electrons. The molecule has 0 aliphatic carbocycles. The lowest BCUT2D eigenvalue weighted by atomic mass is 9.95. The molecule has 5 heteroatoms. The highest BCUT2D eigenvalue weighted by atomic mass is 16.5. The fourth-order valence-corrected chi connectivity index (χ4v) is 4.48. The molecule has 3 saturated heterocycles. The fraction of sp³-hybridized carbons (Fsp3) is 0.938. The van der Waals surface area contributed by atoms with E-state index in [0.29, 0.717) is 37.2 Å². The summed E-state index contributed by atoms with van der Waals surface area (Å²) in [5.74, 6) is 0.303. The maximum absolute atomic E-state index is 12.7. The quantitative estimate of drug-likeness (QED) is 0.835. The van der Waals surface area contributed by atoms with Crippen molar-refractivity contribution in [3.63, 3.8) is 0 Å². The number of carbonyl (C=O) groups excluding carboxylic acids is 1. The summed E-state index contributed by atoms with van der Waals surface area (Å²) in [6, 6.07) is 1.86. The Kier molecular flexibility index (Phi) is 4.82. The van der Waals surface area contributed by atoms with Crippen LogP contribution in [0.15, 0.2) is 0 Å². The predicted octanol–water partition coefficient (Wildman–Crippen LogP) is 0.839. The first-order chi connectivity index (χ1) is 10.2. The van der Waals surface area contributed by atoms with Gasteiger partial charge in [-0.2, -0.15) is 0 Å². The van der Waals surface area contributed by atoms with Crippen molar-refractivity contribution >= 4 is 5.91 Å². The fourth-order valence-electron chi connectivity index (χ4n) is 4.48. The summed E-state index contributed by atoms with van der Waals surface area (Å²) in [7, 11) is 0. The van der Waals surface area contributed by atoms with Crippen molar-refractivity contribution in [2.75, 3.05) is 32.8 Å². The Hall–Kier alpha value is -0.650. The van der Waals surface area contributed by atoms with E-state index in [4.69, 9.17) is 4.74 Å². The summed E-state index contributed by atoms with van der Waals surface area (Å²) in [4.78, 5) is 17.2. The van der Waals surface area contributed by atoms with Crippen LogP contribution >= 0.6 is 0 Å². The third-order valence-corrected chi connectivity index (χ3v) is 5.41. The lowest BCUT2D eigenvalue weighted by molar-refractivity contribution is -0.142. The molecule has 0 aromatic heterocycles. The van der Waals surface area contributed by atoms with Crippen molar-refractivity contribution in [2.45, 2.75) is 63.7 Å². The maximum Gasteiger partial charge on any atom is 0.239 e. The molecule has 1 amide bonds. The van der Waals surface area contributed by atoms with Crippen LogP contribution in [0.2, 0.25) is 0 Å². The molecule has 120 valence electrons. The highest BCUT2D eigenvalue weighted by Gasteiger charge is 2.44. The molecule has 3 unspecified atom stereocenters. The van der Waals surface area contributed by atoms with Crippen LogP contribution in [-0.2, 0) is 9.53 Å². The molecule has 0 saturated carbocycles. The molecule has 5 nitrogen and oxygen atoms in total. The van der Waals surface area contributed by atoms with E-state index in [1.54, 1.807) is 0 Å². The smallest absolute Gasteiger partial charge is 0.239 e. The first kappa shape index (κ1) is 15.3. The molecule has 3 fully saturated rings. The van der Waals surface area contributed by atoms with E-state index in [2.05, 4.69) is 24.1 Å². The van der Waals surface area contributed by atoms with Gasteiger partial charge < -0.3 is 15.0 Å². The lowest BCUT2D eigenvalue weighted by Crippen LogP contribution is -2.57. The second kappa shape index (κ2) is 6.63. The van der Waals surface area contributed by atoms with Gasteiger partial charge in [-0.05, 0) is 39.2 Å². The normalized spacial score (nSPS) is 35.0. The van der Waals surface area contributed by atoms with Crippen molar-refractivity contribution in [2.24, 2.45) is 0 Å². The van der Waals surface area contributed by atoms with Crippen LogP contribution in [0.5, 0.6) is 0 Å². The van der Waals surface area contributed by atoms with E-state index in [1.807, 2.05) is 4.90 Å².